The zero-order valence-corrected chi connectivity index (χ0v) is 19.9. The fourth-order valence-electron chi connectivity index (χ4n) is 3.72. The third-order valence-corrected chi connectivity index (χ3v) is 7.50. The van der Waals surface area contributed by atoms with Crippen LogP contribution in [0.15, 0.2) is 59.6 Å². The van der Waals surface area contributed by atoms with Gasteiger partial charge in [0.25, 0.3) is 10.0 Å². The number of hydrogen-bond acceptors (Lipinski definition) is 4. The lowest BCUT2D eigenvalue weighted by atomic mass is 10.2. The molecule has 5 nitrogen and oxygen atoms in total. The summed E-state index contributed by atoms with van der Waals surface area (Å²) in [5.74, 6) is 0. The Kier molecular flexibility index (Phi) is 8.62. The molecule has 1 saturated heterocycles. The van der Waals surface area contributed by atoms with Gasteiger partial charge in [-0.25, -0.2) is 12.4 Å². The maximum Gasteiger partial charge on any atom is 0.268 e. The summed E-state index contributed by atoms with van der Waals surface area (Å²) in [5, 5.41) is 1.50. The summed E-state index contributed by atoms with van der Waals surface area (Å²) >= 11 is 6.40. The van der Waals surface area contributed by atoms with Gasteiger partial charge in [-0.2, -0.15) is 0 Å². The van der Waals surface area contributed by atoms with E-state index in [1.807, 2.05) is 30.3 Å². The van der Waals surface area contributed by atoms with Gasteiger partial charge in [0.1, 0.15) is 0 Å². The van der Waals surface area contributed by atoms with Gasteiger partial charge in [-0.1, -0.05) is 36.7 Å². The van der Waals surface area contributed by atoms with Crippen molar-refractivity contribution in [1.82, 2.24) is 13.8 Å². The topological polar surface area (TPSA) is 45.6 Å². The molecule has 1 fully saturated rings. The second-order valence-electron chi connectivity index (χ2n) is 7.14. The van der Waals surface area contributed by atoms with Crippen LogP contribution in [0.1, 0.15) is 12.5 Å². The first-order chi connectivity index (χ1) is 13.5. The maximum atomic E-state index is 13.2. The van der Waals surface area contributed by atoms with Gasteiger partial charge in [0.15, 0.2) is 0 Å². The number of piperazine rings is 1. The summed E-state index contributed by atoms with van der Waals surface area (Å²) in [4.78, 5) is 5.01. The van der Waals surface area contributed by atoms with E-state index in [1.165, 1.54) is 3.97 Å². The summed E-state index contributed by atoms with van der Waals surface area (Å²) in [7, 11) is -3.68. The molecule has 2 aromatic carbocycles. The summed E-state index contributed by atoms with van der Waals surface area (Å²) < 4.78 is 27.8. The standard InChI is InChI=1S/C21H24ClN3O2S.2ClH/c1-2-23-11-13-24(14-12-23)16-18-15-19(7-8-20(18)22)28(26,27)25-10-9-17-5-3-4-6-21(17)25;;/h3-10,15H,2,11-14,16H2,1H3;2*1H. The fourth-order valence-corrected chi connectivity index (χ4v) is 5.30. The molecule has 0 saturated carbocycles. The Hall–Kier alpha value is -1.28. The average Bonchev–Trinajstić information content (AvgIpc) is 3.15. The van der Waals surface area contributed by atoms with E-state index in [9.17, 15) is 8.42 Å². The summed E-state index contributed by atoms with van der Waals surface area (Å²) in [6.45, 7) is 7.88. The van der Waals surface area contributed by atoms with Crippen LogP contribution in [0.4, 0.5) is 0 Å². The molecule has 4 rings (SSSR count). The predicted molar refractivity (Wildman–Crippen MR) is 128 cm³/mol. The van der Waals surface area contributed by atoms with Crippen LogP contribution in [0.25, 0.3) is 10.9 Å². The number of likely N-dealkylation sites (N-methyl/N-ethyl adjacent to an activating group) is 1. The van der Waals surface area contributed by atoms with Crippen molar-refractivity contribution in [3.05, 3.63) is 65.3 Å². The van der Waals surface area contributed by atoms with Gasteiger partial charge in [0.05, 0.1) is 10.4 Å². The molecule has 0 amide bonds. The van der Waals surface area contributed by atoms with Crippen LogP contribution in [-0.4, -0.2) is 54.9 Å². The lowest BCUT2D eigenvalue weighted by Gasteiger charge is -2.34. The molecular formula is C21H26Cl3N3O2S. The lowest BCUT2D eigenvalue weighted by Crippen LogP contribution is -2.45. The Balaban J connectivity index is 0.00000160. The Morgan fingerprint density at radius 2 is 1.60 bits per heavy atom. The monoisotopic (exact) mass is 489 g/mol. The molecule has 2 heterocycles. The zero-order chi connectivity index (χ0) is 19.7. The highest BCUT2D eigenvalue weighted by Crippen LogP contribution is 2.26. The van der Waals surface area contributed by atoms with E-state index in [2.05, 4.69) is 16.7 Å². The molecule has 0 N–H and O–H groups in total. The van der Waals surface area contributed by atoms with E-state index < -0.39 is 10.0 Å². The lowest BCUT2D eigenvalue weighted by molar-refractivity contribution is 0.132. The minimum Gasteiger partial charge on any atom is -0.301 e. The molecule has 0 aliphatic carbocycles. The Bertz CT molecular complexity index is 1090. The van der Waals surface area contributed by atoms with Crippen molar-refractivity contribution in [2.75, 3.05) is 32.7 Å². The third kappa shape index (κ3) is 4.96. The van der Waals surface area contributed by atoms with Gasteiger partial charge in [-0.3, -0.25) is 4.90 Å². The number of benzene rings is 2. The molecule has 164 valence electrons. The minimum atomic E-state index is -3.68. The highest BCUT2D eigenvalue weighted by Gasteiger charge is 2.22. The van der Waals surface area contributed by atoms with Crippen molar-refractivity contribution >= 4 is 57.3 Å². The molecule has 0 bridgehead atoms. The average molecular weight is 491 g/mol. The summed E-state index contributed by atoms with van der Waals surface area (Å²) in [6, 6.07) is 14.3. The number of nitrogens with zero attached hydrogens (tertiary/aromatic N) is 3. The molecule has 1 aliphatic heterocycles. The first-order valence-corrected chi connectivity index (χ1v) is 11.4. The van der Waals surface area contributed by atoms with Gasteiger partial charge < -0.3 is 4.90 Å². The van der Waals surface area contributed by atoms with Crippen molar-refractivity contribution in [2.24, 2.45) is 0 Å². The molecular weight excluding hydrogens is 465 g/mol. The van der Waals surface area contributed by atoms with E-state index in [-0.39, 0.29) is 29.7 Å². The van der Waals surface area contributed by atoms with Crippen LogP contribution in [0, 0.1) is 0 Å². The predicted octanol–water partition coefficient (Wildman–Crippen LogP) is 4.51. The van der Waals surface area contributed by atoms with Gasteiger partial charge >= 0.3 is 0 Å². The first kappa shape index (κ1) is 25.0. The number of para-hydroxylation sites is 1. The summed E-state index contributed by atoms with van der Waals surface area (Å²) in [5.41, 5.74) is 1.53. The Morgan fingerprint density at radius 3 is 2.30 bits per heavy atom. The van der Waals surface area contributed by atoms with E-state index in [4.69, 9.17) is 11.6 Å². The number of fused-ring (bicyclic) bond motifs is 1. The SMILES string of the molecule is CCN1CCN(Cc2cc(S(=O)(=O)n3ccc4ccccc43)ccc2Cl)CC1.Cl.Cl. The number of rotatable bonds is 5. The van der Waals surface area contributed by atoms with Crippen LogP contribution in [0.5, 0.6) is 0 Å². The van der Waals surface area contributed by atoms with Gasteiger partial charge in [-0.05, 0) is 42.4 Å². The van der Waals surface area contributed by atoms with Gasteiger partial charge in [0.2, 0.25) is 0 Å². The second kappa shape index (κ2) is 10.4. The highest BCUT2D eigenvalue weighted by atomic mass is 35.5. The molecule has 0 unspecified atom stereocenters. The van der Waals surface area contributed by atoms with Gasteiger partial charge in [0, 0.05) is 49.3 Å². The van der Waals surface area contributed by atoms with Crippen LogP contribution in [0.3, 0.4) is 0 Å². The maximum absolute atomic E-state index is 13.2. The van der Waals surface area contributed by atoms with Crippen LogP contribution in [-0.2, 0) is 16.6 Å². The number of hydrogen-bond donors (Lipinski definition) is 0. The zero-order valence-electron chi connectivity index (χ0n) is 16.7. The van der Waals surface area contributed by atoms with Crippen LogP contribution >= 0.6 is 36.4 Å². The molecule has 1 aliphatic rings. The van der Waals surface area contributed by atoms with E-state index in [0.717, 1.165) is 43.7 Å². The summed E-state index contributed by atoms with van der Waals surface area (Å²) in [6.07, 6.45) is 1.61. The normalized spacial score (nSPS) is 15.5. The quantitative estimate of drug-likeness (QED) is 0.528. The van der Waals surface area contributed by atoms with Crippen molar-refractivity contribution in [1.29, 1.82) is 0 Å². The molecule has 0 radical (unpaired) electrons. The smallest absolute Gasteiger partial charge is 0.268 e. The van der Waals surface area contributed by atoms with Gasteiger partial charge in [-0.15, -0.1) is 24.8 Å². The molecule has 30 heavy (non-hydrogen) atoms. The van der Waals surface area contributed by atoms with E-state index in [1.54, 1.807) is 24.4 Å². The third-order valence-electron chi connectivity index (χ3n) is 5.44. The van der Waals surface area contributed by atoms with Crippen LogP contribution < -0.4 is 0 Å². The Morgan fingerprint density at radius 1 is 0.933 bits per heavy atom. The molecule has 1 aromatic heterocycles. The number of halogens is 3. The largest absolute Gasteiger partial charge is 0.301 e. The Labute approximate surface area is 195 Å². The molecule has 0 spiro atoms. The van der Waals surface area contributed by atoms with E-state index in [0.29, 0.717) is 17.1 Å². The first-order valence-electron chi connectivity index (χ1n) is 9.54. The molecule has 9 heteroatoms. The number of aromatic nitrogens is 1. The van der Waals surface area contributed by atoms with Crippen molar-refractivity contribution < 1.29 is 8.42 Å². The second-order valence-corrected chi connectivity index (χ2v) is 9.36. The van der Waals surface area contributed by atoms with Crippen LogP contribution in [0.2, 0.25) is 5.02 Å². The molecule has 3 aromatic rings. The molecule has 0 atom stereocenters. The van der Waals surface area contributed by atoms with E-state index >= 15 is 0 Å². The van der Waals surface area contributed by atoms with Crippen molar-refractivity contribution in [3.8, 4) is 0 Å². The minimum absolute atomic E-state index is 0. The van der Waals surface area contributed by atoms with Crippen molar-refractivity contribution in [3.63, 3.8) is 0 Å². The van der Waals surface area contributed by atoms with Crippen molar-refractivity contribution in [2.45, 2.75) is 18.4 Å². The highest BCUT2D eigenvalue weighted by molar-refractivity contribution is 7.90. The fraction of sp³-hybridized carbons (Fsp3) is 0.333.